The van der Waals surface area contributed by atoms with Crippen molar-refractivity contribution < 1.29 is 19.1 Å². The van der Waals surface area contributed by atoms with Crippen LogP contribution in [0.15, 0.2) is 84.9 Å². The Morgan fingerprint density at radius 1 is 0.638 bits per heavy atom. The van der Waals surface area contributed by atoms with Crippen molar-refractivity contribution in [1.29, 1.82) is 0 Å². The molecule has 4 aromatic carbocycles. The van der Waals surface area contributed by atoms with Crippen LogP contribution in [0.1, 0.15) is 113 Å². The van der Waals surface area contributed by atoms with Gasteiger partial charge in [-0.05, 0) is 83.6 Å². The molecule has 0 heterocycles. The summed E-state index contributed by atoms with van der Waals surface area (Å²) in [5.41, 5.74) is 3.57. The van der Waals surface area contributed by atoms with Crippen LogP contribution in [0.25, 0.3) is 21.9 Å². The molecule has 0 aliphatic rings. The molecule has 250 valence electrons. The molecule has 0 fully saturated rings. The lowest BCUT2D eigenvalue weighted by atomic mass is 9.96. The maximum atomic E-state index is 13.0. The van der Waals surface area contributed by atoms with Crippen molar-refractivity contribution in [1.82, 2.24) is 4.90 Å². The number of nitrogens with zero attached hydrogens (tertiary/aromatic N) is 1. The summed E-state index contributed by atoms with van der Waals surface area (Å²) in [6, 6.07) is 27.3. The number of amides is 1. The summed E-state index contributed by atoms with van der Waals surface area (Å²) in [7, 11) is 1.88. The van der Waals surface area contributed by atoms with Crippen LogP contribution in [0.4, 0.5) is 0 Å². The van der Waals surface area contributed by atoms with Crippen molar-refractivity contribution in [3.8, 4) is 22.6 Å². The molecule has 0 aromatic heterocycles. The van der Waals surface area contributed by atoms with Crippen molar-refractivity contribution in [2.45, 2.75) is 97.3 Å². The number of ether oxygens (including phenoxy) is 2. The SMILES string of the molecule is CCCCCCCCCCOc1ccc(-c2ccc(C(=O)Oc3ccc4cc([C@H](C)C(=O)N(C)CCCCC)ccc4c3)cc2)cc1. The zero-order valence-electron chi connectivity index (χ0n) is 28.9. The first-order valence-corrected chi connectivity index (χ1v) is 17.7. The lowest BCUT2D eigenvalue weighted by Crippen LogP contribution is -2.31. The quantitative estimate of drug-likeness (QED) is 0.0584. The Bertz CT molecular complexity index is 1540. The molecule has 5 nitrogen and oxygen atoms in total. The minimum atomic E-state index is -0.400. The van der Waals surface area contributed by atoms with Crippen LogP contribution >= 0.6 is 0 Å². The van der Waals surface area contributed by atoms with Crippen LogP contribution < -0.4 is 9.47 Å². The highest BCUT2D eigenvalue weighted by Gasteiger charge is 2.19. The fraction of sp³-hybridized carbons (Fsp3) is 0.429. The predicted molar refractivity (Wildman–Crippen MR) is 194 cm³/mol. The van der Waals surface area contributed by atoms with Crippen molar-refractivity contribution in [3.05, 3.63) is 96.1 Å². The maximum absolute atomic E-state index is 13.0. The second kappa shape index (κ2) is 18.9. The summed E-state index contributed by atoms with van der Waals surface area (Å²) in [6.07, 6.45) is 13.6. The topological polar surface area (TPSA) is 55.8 Å². The first-order valence-electron chi connectivity index (χ1n) is 17.7. The molecule has 0 unspecified atom stereocenters. The van der Waals surface area contributed by atoms with Crippen LogP contribution in [0, 0.1) is 0 Å². The molecule has 0 saturated heterocycles. The molecule has 0 radical (unpaired) electrons. The van der Waals surface area contributed by atoms with Gasteiger partial charge in [-0.25, -0.2) is 4.79 Å². The van der Waals surface area contributed by atoms with Gasteiger partial charge in [0.1, 0.15) is 11.5 Å². The summed E-state index contributed by atoms with van der Waals surface area (Å²) in [5.74, 6) is 0.885. The molecular weight excluding hydrogens is 582 g/mol. The predicted octanol–water partition coefficient (Wildman–Crippen LogP) is 11.0. The highest BCUT2D eigenvalue weighted by molar-refractivity contribution is 5.93. The van der Waals surface area contributed by atoms with Crippen molar-refractivity contribution in [2.24, 2.45) is 0 Å². The van der Waals surface area contributed by atoms with Crippen LogP contribution in [0.2, 0.25) is 0 Å². The van der Waals surface area contributed by atoms with Gasteiger partial charge in [-0.2, -0.15) is 0 Å². The number of likely N-dealkylation sites (N-methyl/N-ethyl adjacent to an activating group) is 1. The third-order valence-electron chi connectivity index (χ3n) is 8.96. The molecule has 0 saturated carbocycles. The van der Waals surface area contributed by atoms with Gasteiger partial charge >= 0.3 is 5.97 Å². The molecule has 0 aliphatic carbocycles. The number of fused-ring (bicyclic) bond motifs is 1. The Balaban J connectivity index is 1.26. The Kier molecular flexibility index (Phi) is 14.4. The van der Waals surface area contributed by atoms with Crippen molar-refractivity contribution in [3.63, 3.8) is 0 Å². The first kappa shape index (κ1) is 35.7. The number of hydrogen-bond acceptors (Lipinski definition) is 4. The highest BCUT2D eigenvalue weighted by atomic mass is 16.5. The Morgan fingerprint density at radius 2 is 1.19 bits per heavy atom. The number of hydrogen-bond donors (Lipinski definition) is 0. The van der Waals surface area contributed by atoms with Gasteiger partial charge in [0.25, 0.3) is 0 Å². The normalized spacial score (nSPS) is 11.7. The lowest BCUT2D eigenvalue weighted by Gasteiger charge is -2.22. The molecule has 47 heavy (non-hydrogen) atoms. The average Bonchev–Trinajstić information content (AvgIpc) is 3.10. The van der Waals surface area contributed by atoms with Crippen LogP contribution in [0.3, 0.4) is 0 Å². The molecule has 0 spiro atoms. The number of benzene rings is 4. The molecular formula is C42H53NO4. The second-order valence-electron chi connectivity index (χ2n) is 12.8. The highest BCUT2D eigenvalue weighted by Crippen LogP contribution is 2.28. The third-order valence-corrected chi connectivity index (χ3v) is 8.96. The van der Waals surface area contributed by atoms with Gasteiger partial charge < -0.3 is 14.4 Å². The van der Waals surface area contributed by atoms with E-state index in [2.05, 4.69) is 32.0 Å². The average molecular weight is 636 g/mol. The second-order valence-corrected chi connectivity index (χ2v) is 12.8. The molecule has 0 aliphatic heterocycles. The Morgan fingerprint density at radius 3 is 1.87 bits per heavy atom. The van der Waals surface area contributed by atoms with Gasteiger partial charge in [-0.1, -0.05) is 120 Å². The van der Waals surface area contributed by atoms with Gasteiger partial charge in [-0.3, -0.25) is 4.79 Å². The van der Waals surface area contributed by atoms with E-state index in [0.717, 1.165) is 72.0 Å². The van der Waals surface area contributed by atoms with E-state index in [9.17, 15) is 9.59 Å². The van der Waals surface area contributed by atoms with Crippen LogP contribution in [-0.4, -0.2) is 37.0 Å². The van der Waals surface area contributed by atoms with Crippen LogP contribution in [-0.2, 0) is 4.79 Å². The van der Waals surface area contributed by atoms with Gasteiger partial charge in [0, 0.05) is 13.6 Å². The van der Waals surface area contributed by atoms with E-state index in [1.54, 1.807) is 18.2 Å². The van der Waals surface area contributed by atoms with Gasteiger partial charge in [0.15, 0.2) is 0 Å². The van der Waals surface area contributed by atoms with E-state index in [1.807, 2.05) is 67.4 Å². The molecule has 5 heteroatoms. The minimum absolute atomic E-state index is 0.132. The summed E-state index contributed by atoms with van der Waals surface area (Å²) in [6.45, 7) is 7.91. The molecule has 4 rings (SSSR count). The fourth-order valence-electron chi connectivity index (χ4n) is 5.89. The lowest BCUT2D eigenvalue weighted by molar-refractivity contribution is -0.131. The number of carbonyl (C=O) groups excluding carboxylic acids is 2. The molecule has 0 N–H and O–H groups in total. The van der Waals surface area contributed by atoms with Crippen molar-refractivity contribution in [2.75, 3.05) is 20.2 Å². The number of rotatable bonds is 19. The zero-order valence-corrected chi connectivity index (χ0v) is 28.9. The number of esters is 1. The summed E-state index contributed by atoms with van der Waals surface area (Å²) in [5, 5.41) is 1.96. The van der Waals surface area contributed by atoms with E-state index in [1.165, 1.54) is 44.9 Å². The summed E-state index contributed by atoms with van der Waals surface area (Å²) >= 11 is 0. The van der Waals surface area contributed by atoms with Crippen LogP contribution in [0.5, 0.6) is 11.5 Å². The molecule has 4 aromatic rings. The third kappa shape index (κ3) is 11.0. The maximum Gasteiger partial charge on any atom is 0.343 e. The monoisotopic (exact) mass is 635 g/mol. The zero-order chi connectivity index (χ0) is 33.4. The Hall–Kier alpha value is -4.12. The Labute approximate surface area is 282 Å². The molecule has 0 bridgehead atoms. The van der Waals surface area contributed by atoms with E-state index in [-0.39, 0.29) is 11.8 Å². The van der Waals surface area contributed by atoms with E-state index < -0.39 is 5.97 Å². The largest absolute Gasteiger partial charge is 0.494 e. The van der Waals surface area contributed by atoms with Gasteiger partial charge in [0.05, 0.1) is 18.1 Å². The van der Waals surface area contributed by atoms with Gasteiger partial charge in [0.2, 0.25) is 5.91 Å². The standard InChI is InChI=1S/C42H53NO4/c1-5-7-9-10-11-12-13-15-29-46-39-25-22-34(23-26-39)33-16-18-35(19-17-33)42(45)47-40-27-24-37-30-36(20-21-38(37)31-40)32(3)41(44)43(4)28-14-8-6-2/h16-27,30-32H,5-15,28-29H2,1-4H3/t32-/m0/s1. The van der Waals surface area contributed by atoms with E-state index >= 15 is 0 Å². The summed E-state index contributed by atoms with van der Waals surface area (Å²) < 4.78 is 11.7. The van der Waals surface area contributed by atoms with E-state index in [0.29, 0.717) is 11.3 Å². The van der Waals surface area contributed by atoms with Crippen molar-refractivity contribution >= 4 is 22.6 Å². The first-order chi connectivity index (χ1) is 22.9. The number of unbranched alkanes of at least 4 members (excludes halogenated alkanes) is 9. The number of carbonyl (C=O) groups is 2. The molecule has 1 amide bonds. The van der Waals surface area contributed by atoms with E-state index in [4.69, 9.17) is 9.47 Å². The smallest absolute Gasteiger partial charge is 0.343 e. The summed E-state index contributed by atoms with van der Waals surface area (Å²) in [4.78, 5) is 27.8. The molecule has 1 atom stereocenters. The van der Waals surface area contributed by atoms with Gasteiger partial charge in [-0.15, -0.1) is 0 Å². The minimum Gasteiger partial charge on any atom is -0.494 e. The fourth-order valence-corrected chi connectivity index (χ4v) is 5.89.